The Balaban J connectivity index is 3.21. The number of benzene rings is 1. The average molecular weight is 168 g/mol. The minimum Gasteiger partial charge on any atom is -0.226 e. The second kappa shape index (κ2) is 4.09. The predicted octanol–water partition coefficient (Wildman–Crippen LogP) is 2.86. The summed E-state index contributed by atoms with van der Waals surface area (Å²) in [5.74, 6) is 0. The molecular weight excluding hydrogens is 160 g/mol. The Labute approximate surface area is 77.6 Å². The van der Waals surface area contributed by atoms with Crippen molar-refractivity contribution in [3.05, 3.63) is 53.0 Å². The standard InChI is InChI=1S/C11H8N2/c1-9(11(8-12)13-2)10-6-4-3-5-7-10/h3-7H,1H3. The minimum atomic E-state index is 0.159. The maximum absolute atomic E-state index is 8.64. The molecule has 13 heavy (non-hydrogen) atoms. The number of hydrogen-bond acceptors (Lipinski definition) is 1. The van der Waals surface area contributed by atoms with Crippen molar-refractivity contribution in [2.45, 2.75) is 6.92 Å². The molecule has 62 valence electrons. The Morgan fingerprint density at radius 1 is 1.38 bits per heavy atom. The zero-order chi connectivity index (χ0) is 9.68. The van der Waals surface area contributed by atoms with E-state index in [0.29, 0.717) is 0 Å². The van der Waals surface area contributed by atoms with Crippen molar-refractivity contribution < 1.29 is 0 Å². The van der Waals surface area contributed by atoms with Crippen LogP contribution in [0.4, 0.5) is 0 Å². The van der Waals surface area contributed by atoms with Crippen LogP contribution in [0.2, 0.25) is 0 Å². The zero-order valence-electron chi connectivity index (χ0n) is 7.28. The molecule has 0 aromatic heterocycles. The Hall–Kier alpha value is -2.06. The third kappa shape index (κ3) is 1.95. The zero-order valence-corrected chi connectivity index (χ0v) is 7.28. The molecule has 0 amide bonds. The first-order chi connectivity index (χ1) is 6.29. The number of rotatable bonds is 1. The molecule has 1 rings (SSSR count). The summed E-state index contributed by atoms with van der Waals surface area (Å²) in [6.45, 7) is 8.57. The van der Waals surface area contributed by atoms with Crippen LogP contribution in [-0.2, 0) is 0 Å². The lowest BCUT2D eigenvalue weighted by Crippen LogP contribution is -1.81. The van der Waals surface area contributed by atoms with Crippen LogP contribution in [0, 0.1) is 17.9 Å². The summed E-state index contributed by atoms with van der Waals surface area (Å²) in [7, 11) is 0. The summed E-state index contributed by atoms with van der Waals surface area (Å²) in [5.41, 5.74) is 1.82. The van der Waals surface area contributed by atoms with Gasteiger partial charge in [0.2, 0.25) is 0 Å². The van der Waals surface area contributed by atoms with Crippen molar-refractivity contribution in [1.29, 1.82) is 5.26 Å². The normalized spacial score (nSPS) is 11.0. The molecule has 0 fully saturated rings. The van der Waals surface area contributed by atoms with Crippen molar-refractivity contribution in [2.75, 3.05) is 0 Å². The molecule has 0 N–H and O–H groups in total. The van der Waals surface area contributed by atoms with Gasteiger partial charge in [0.05, 0.1) is 12.6 Å². The summed E-state index contributed by atoms with van der Waals surface area (Å²) >= 11 is 0. The maximum Gasteiger partial charge on any atom is 0.265 e. The van der Waals surface area contributed by atoms with Gasteiger partial charge >= 0.3 is 0 Å². The largest absolute Gasteiger partial charge is 0.265 e. The third-order valence-corrected chi connectivity index (χ3v) is 1.78. The molecule has 2 heteroatoms. The number of nitriles is 1. The van der Waals surface area contributed by atoms with Crippen LogP contribution in [0.1, 0.15) is 12.5 Å². The molecule has 1 aromatic rings. The minimum absolute atomic E-state index is 0.159. The summed E-state index contributed by atoms with van der Waals surface area (Å²) in [4.78, 5) is 3.15. The highest BCUT2D eigenvalue weighted by Gasteiger charge is 2.01. The van der Waals surface area contributed by atoms with Gasteiger partial charge in [-0.3, -0.25) is 0 Å². The molecule has 0 heterocycles. The van der Waals surface area contributed by atoms with Gasteiger partial charge in [-0.05, 0) is 18.1 Å². The second-order valence-corrected chi connectivity index (χ2v) is 2.56. The third-order valence-electron chi connectivity index (χ3n) is 1.78. The molecule has 0 saturated carbocycles. The molecule has 0 unspecified atom stereocenters. The highest BCUT2D eigenvalue weighted by Crippen LogP contribution is 2.17. The van der Waals surface area contributed by atoms with E-state index in [1.807, 2.05) is 36.4 Å². The van der Waals surface area contributed by atoms with Crippen LogP contribution in [0.3, 0.4) is 0 Å². The topological polar surface area (TPSA) is 28.1 Å². The highest BCUT2D eigenvalue weighted by atomic mass is 14.7. The monoisotopic (exact) mass is 168 g/mol. The first kappa shape index (κ1) is 9.03. The van der Waals surface area contributed by atoms with Gasteiger partial charge in [0, 0.05) is 0 Å². The van der Waals surface area contributed by atoms with Crippen LogP contribution in [0.5, 0.6) is 0 Å². The van der Waals surface area contributed by atoms with Gasteiger partial charge in [0.25, 0.3) is 5.70 Å². The maximum atomic E-state index is 8.64. The summed E-state index contributed by atoms with van der Waals surface area (Å²) in [5, 5.41) is 8.64. The summed E-state index contributed by atoms with van der Waals surface area (Å²) in [6.07, 6.45) is 0. The van der Waals surface area contributed by atoms with Crippen molar-refractivity contribution in [3.63, 3.8) is 0 Å². The molecule has 0 aliphatic heterocycles. The Morgan fingerprint density at radius 2 is 2.00 bits per heavy atom. The fourth-order valence-corrected chi connectivity index (χ4v) is 1.02. The van der Waals surface area contributed by atoms with Gasteiger partial charge in [0.15, 0.2) is 0 Å². The van der Waals surface area contributed by atoms with Gasteiger partial charge in [-0.1, -0.05) is 30.3 Å². The van der Waals surface area contributed by atoms with Gasteiger partial charge in [-0.25, -0.2) is 10.1 Å². The molecule has 0 spiro atoms. The second-order valence-electron chi connectivity index (χ2n) is 2.56. The molecular formula is C11H8N2. The Bertz CT molecular complexity index is 386. The van der Waals surface area contributed by atoms with E-state index in [1.165, 1.54) is 0 Å². The number of allylic oxidation sites excluding steroid dienone is 2. The summed E-state index contributed by atoms with van der Waals surface area (Å²) < 4.78 is 0. The molecule has 0 aliphatic rings. The molecule has 0 aliphatic carbocycles. The van der Waals surface area contributed by atoms with E-state index in [2.05, 4.69) is 4.85 Å². The fraction of sp³-hybridized carbons (Fsp3) is 0.0909. The van der Waals surface area contributed by atoms with E-state index in [0.717, 1.165) is 11.1 Å². The van der Waals surface area contributed by atoms with Gasteiger partial charge < -0.3 is 0 Å². The predicted molar refractivity (Wildman–Crippen MR) is 51.3 cm³/mol. The highest BCUT2D eigenvalue weighted by molar-refractivity contribution is 5.71. The first-order valence-electron chi connectivity index (χ1n) is 3.83. The smallest absolute Gasteiger partial charge is 0.226 e. The van der Waals surface area contributed by atoms with Crippen molar-refractivity contribution in [3.8, 4) is 6.07 Å². The molecule has 0 atom stereocenters. The lowest BCUT2D eigenvalue weighted by atomic mass is 10.1. The van der Waals surface area contributed by atoms with Crippen molar-refractivity contribution in [2.24, 2.45) is 0 Å². The number of nitrogens with zero attached hydrogens (tertiary/aromatic N) is 2. The summed E-state index contributed by atoms with van der Waals surface area (Å²) in [6, 6.07) is 11.3. The first-order valence-corrected chi connectivity index (χ1v) is 3.83. The van der Waals surface area contributed by atoms with Crippen LogP contribution in [0.25, 0.3) is 10.4 Å². The molecule has 0 saturated heterocycles. The number of hydrogen-bond donors (Lipinski definition) is 0. The Morgan fingerprint density at radius 3 is 2.46 bits per heavy atom. The lowest BCUT2D eigenvalue weighted by molar-refractivity contribution is 1.47. The van der Waals surface area contributed by atoms with E-state index >= 15 is 0 Å². The van der Waals surface area contributed by atoms with Crippen LogP contribution in [-0.4, -0.2) is 0 Å². The van der Waals surface area contributed by atoms with Crippen LogP contribution < -0.4 is 0 Å². The van der Waals surface area contributed by atoms with Gasteiger partial charge in [-0.15, -0.1) is 0 Å². The van der Waals surface area contributed by atoms with Crippen LogP contribution >= 0.6 is 0 Å². The molecule has 0 bridgehead atoms. The van der Waals surface area contributed by atoms with E-state index in [9.17, 15) is 0 Å². The fourth-order valence-electron chi connectivity index (χ4n) is 1.02. The van der Waals surface area contributed by atoms with E-state index in [1.54, 1.807) is 6.92 Å². The molecule has 1 aromatic carbocycles. The van der Waals surface area contributed by atoms with Crippen molar-refractivity contribution in [1.82, 2.24) is 0 Å². The van der Waals surface area contributed by atoms with E-state index in [4.69, 9.17) is 11.8 Å². The Kier molecular flexibility index (Phi) is 2.84. The lowest BCUT2D eigenvalue weighted by Gasteiger charge is -1.99. The molecule has 2 nitrogen and oxygen atoms in total. The molecule has 0 radical (unpaired) electrons. The van der Waals surface area contributed by atoms with Gasteiger partial charge in [-0.2, -0.15) is 0 Å². The van der Waals surface area contributed by atoms with Crippen LogP contribution in [0.15, 0.2) is 36.0 Å². The van der Waals surface area contributed by atoms with Gasteiger partial charge in [0.1, 0.15) is 0 Å². The quantitative estimate of drug-likeness (QED) is 0.468. The van der Waals surface area contributed by atoms with E-state index < -0.39 is 0 Å². The SMILES string of the molecule is [C-]#[N+]C(C#N)=C(C)c1ccccc1. The van der Waals surface area contributed by atoms with Crippen molar-refractivity contribution >= 4 is 5.57 Å². The van der Waals surface area contributed by atoms with E-state index in [-0.39, 0.29) is 5.70 Å². The average Bonchev–Trinajstić information content (AvgIpc) is 2.21.